The fraction of sp³-hybridized carbons (Fsp3) is 0.628. The van der Waals surface area contributed by atoms with Crippen LogP contribution in [0.15, 0.2) is 58.1 Å². The molecule has 51 heavy (non-hydrogen) atoms. The van der Waals surface area contributed by atoms with Gasteiger partial charge in [0.15, 0.2) is 11.5 Å². The van der Waals surface area contributed by atoms with Crippen LogP contribution in [0, 0.1) is 0 Å². The van der Waals surface area contributed by atoms with Gasteiger partial charge in [-0.1, -0.05) is 117 Å². The Labute approximate surface area is 306 Å². The number of hydrogen-bond donors (Lipinski definition) is 0. The standard InChI is InChI=1S/C43H64O8/c1-3-5-7-9-11-13-15-17-20-24-42(46)50-40-33-29-37(27-31-38(40)44)49-35-23-19-21-25-43(47)51-41-32-28-36(26-30-39(41)45)48-34-22-18-16-14-12-10-8-6-4-2/h26-33H,3-25,34-35H2,1-2H3. The smallest absolute Gasteiger partial charge is 0.311 e. The van der Waals surface area contributed by atoms with Gasteiger partial charge in [-0.2, -0.15) is 0 Å². The normalized spacial score (nSPS) is 10.9. The average Bonchev–Trinajstić information content (AvgIpc) is 3.40. The van der Waals surface area contributed by atoms with Crippen LogP contribution in [0.5, 0.6) is 23.0 Å². The second-order valence-corrected chi connectivity index (χ2v) is 13.5. The van der Waals surface area contributed by atoms with E-state index in [0.717, 1.165) is 32.1 Å². The zero-order valence-corrected chi connectivity index (χ0v) is 31.6. The van der Waals surface area contributed by atoms with Crippen LogP contribution >= 0.6 is 0 Å². The number of esters is 2. The summed E-state index contributed by atoms with van der Waals surface area (Å²) in [6.45, 7) is 5.43. The zero-order valence-electron chi connectivity index (χ0n) is 31.6. The largest absolute Gasteiger partial charge is 0.494 e. The van der Waals surface area contributed by atoms with Gasteiger partial charge in [0.2, 0.25) is 10.9 Å². The van der Waals surface area contributed by atoms with Gasteiger partial charge >= 0.3 is 11.9 Å². The molecule has 0 spiro atoms. The highest BCUT2D eigenvalue weighted by atomic mass is 16.5. The van der Waals surface area contributed by atoms with Crippen molar-refractivity contribution in [1.82, 2.24) is 0 Å². The third-order valence-electron chi connectivity index (χ3n) is 8.82. The molecule has 8 heteroatoms. The fourth-order valence-electron chi connectivity index (χ4n) is 5.70. The van der Waals surface area contributed by atoms with Gasteiger partial charge in [0.05, 0.1) is 13.2 Å². The van der Waals surface area contributed by atoms with E-state index in [1.54, 1.807) is 24.3 Å². The second-order valence-electron chi connectivity index (χ2n) is 13.5. The van der Waals surface area contributed by atoms with Gasteiger partial charge in [0.25, 0.3) is 0 Å². The Morgan fingerprint density at radius 3 is 1.12 bits per heavy atom. The van der Waals surface area contributed by atoms with Crippen LogP contribution in [0.4, 0.5) is 0 Å². The van der Waals surface area contributed by atoms with E-state index in [-0.39, 0.29) is 28.8 Å². The van der Waals surface area contributed by atoms with Gasteiger partial charge < -0.3 is 18.9 Å². The van der Waals surface area contributed by atoms with Gasteiger partial charge in [-0.25, -0.2) is 0 Å². The molecule has 0 aliphatic heterocycles. The summed E-state index contributed by atoms with van der Waals surface area (Å²) in [7, 11) is 0. The summed E-state index contributed by atoms with van der Waals surface area (Å²) in [6.07, 6.45) is 24.0. The summed E-state index contributed by atoms with van der Waals surface area (Å²) < 4.78 is 22.3. The molecule has 0 aliphatic carbocycles. The van der Waals surface area contributed by atoms with Gasteiger partial charge in [-0.05, 0) is 80.6 Å². The van der Waals surface area contributed by atoms with Crippen LogP contribution in [0.25, 0.3) is 0 Å². The first-order chi connectivity index (χ1) is 24.9. The molecule has 0 amide bonds. The van der Waals surface area contributed by atoms with Crippen molar-refractivity contribution in [3.8, 4) is 23.0 Å². The van der Waals surface area contributed by atoms with Crippen molar-refractivity contribution in [1.29, 1.82) is 0 Å². The third-order valence-corrected chi connectivity index (χ3v) is 8.82. The van der Waals surface area contributed by atoms with E-state index >= 15 is 0 Å². The lowest BCUT2D eigenvalue weighted by atomic mass is 10.1. The summed E-state index contributed by atoms with van der Waals surface area (Å²) >= 11 is 0. The molecule has 0 fully saturated rings. The summed E-state index contributed by atoms with van der Waals surface area (Å²) in [6, 6.07) is 12.1. The molecule has 0 aliphatic rings. The van der Waals surface area contributed by atoms with E-state index < -0.39 is 11.9 Å². The van der Waals surface area contributed by atoms with E-state index in [9.17, 15) is 19.2 Å². The predicted octanol–water partition coefficient (Wildman–Crippen LogP) is 10.7. The highest BCUT2D eigenvalue weighted by Gasteiger charge is 2.09. The van der Waals surface area contributed by atoms with Gasteiger partial charge in [-0.15, -0.1) is 0 Å². The Balaban J connectivity index is 1.60. The zero-order chi connectivity index (χ0) is 36.8. The van der Waals surface area contributed by atoms with Crippen molar-refractivity contribution < 1.29 is 28.5 Å². The molecule has 2 aromatic rings. The summed E-state index contributed by atoms with van der Waals surface area (Å²) in [5.41, 5.74) is -0.751. The molecule has 0 unspecified atom stereocenters. The van der Waals surface area contributed by atoms with E-state index in [2.05, 4.69) is 13.8 Å². The SMILES string of the molecule is CCCCCCCCCCCOc1ccc(OC(=O)CCCCCOc2ccc(OC(=O)CCCCCCCCCCC)c(=O)cc2)c(=O)cc1. The maximum absolute atomic E-state index is 12.4. The van der Waals surface area contributed by atoms with Crippen molar-refractivity contribution in [2.45, 2.75) is 162 Å². The minimum absolute atomic E-state index is 0.00429. The number of carbonyl (C=O) groups is 2. The Morgan fingerprint density at radius 1 is 0.412 bits per heavy atom. The first-order valence-electron chi connectivity index (χ1n) is 19.9. The second kappa shape index (κ2) is 29.0. The van der Waals surface area contributed by atoms with Gasteiger partial charge in [0.1, 0.15) is 11.5 Å². The molecule has 0 atom stereocenters. The summed E-state index contributed by atoms with van der Waals surface area (Å²) in [5.74, 6) is 0.195. The Kier molecular flexibility index (Phi) is 24.7. The maximum atomic E-state index is 12.4. The molecule has 2 rings (SSSR count). The van der Waals surface area contributed by atoms with E-state index in [4.69, 9.17) is 18.9 Å². The van der Waals surface area contributed by atoms with Crippen LogP contribution in [-0.4, -0.2) is 25.2 Å². The topological polar surface area (TPSA) is 105 Å². The molecule has 284 valence electrons. The van der Waals surface area contributed by atoms with Crippen molar-refractivity contribution in [2.24, 2.45) is 0 Å². The minimum atomic E-state index is -0.464. The first kappa shape index (κ1) is 43.5. The number of unbranched alkanes of at least 4 members (excludes halogenated alkanes) is 18. The van der Waals surface area contributed by atoms with Crippen molar-refractivity contribution in [2.75, 3.05) is 13.2 Å². The van der Waals surface area contributed by atoms with E-state index in [1.807, 2.05) is 0 Å². The highest BCUT2D eigenvalue weighted by molar-refractivity contribution is 5.72. The van der Waals surface area contributed by atoms with Crippen LogP contribution in [0.3, 0.4) is 0 Å². The van der Waals surface area contributed by atoms with Gasteiger partial charge in [-0.3, -0.25) is 19.2 Å². The maximum Gasteiger partial charge on any atom is 0.311 e. The lowest BCUT2D eigenvalue weighted by Crippen LogP contribution is -2.12. The Hall–Kier alpha value is -3.68. The number of rotatable bonds is 30. The molecule has 0 N–H and O–H groups in total. The Morgan fingerprint density at radius 2 is 0.725 bits per heavy atom. The molecule has 0 radical (unpaired) electrons. The van der Waals surface area contributed by atoms with Crippen molar-refractivity contribution >= 4 is 11.9 Å². The average molecular weight is 709 g/mol. The molecule has 0 aromatic heterocycles. The molecule has 0 heterocycles. The van der Waals surface area contributed by atoms with Crippen LogP contribution in [0.2, 0.25) is 0 Å². The molecule has 2 aromatic carbocycles. The summed E-state index contributed by atoms with van der Waals surface area (Å²) in [4.78, 5) is 49.5. The van der Waals surface area contributed by atoms with Crippen LogP contribution < -0.4 is 29.8 Å². The fourth-order valence-corrected chi connectivity index (χ4v) is 5.70. The lowest BCUT2D eigenvalue weighted by molar-refractivity contribution is -0.135. The molecular formula is C43H64O8. The van der Waals surface area contributed by atoms with E-state index in [1.165, 1.54) is 108 Å². The summed E-state index contributed by atoms with van der Waals surface area (Å²) in [5, 5.41) is 0. The molecule has 8 nitrogen and oxygen atoms in total. The lowest BCUT2D eigenvalue weighted by Gasteiger charge is -2.05. The number of hydrogen-bond acceptors (Lipinski definition) is 8. The number of carbonyl (C=O) groups excluding carboxylic acids is 2. The quantitative estimate of drug-likeness (QED) is 0.0583. The molecule has 0 saturated carbocycles. The molecule has 0 saturated heterocycles. The molecular weight excluding hydrogens is 644 g/mol. The first-order valence-corrected chi connectivity index (χ1v) is 19.9. The third kappa shape index (κ3) is 22.0. The van der Waals surface area contributed by atoms with Crippen molar-refractivity contribution in [3.05, 3.63) is 69.0 Å². The van der Waals surface area contributed by atoms with Crippen LogP contribution in [0.1, 0.15) is 162 Å². The van der Waals surface area contributed by atoms with Gasteiger partial charge in [0, 0.05) is 12.8 Å². The molecule has 0 bridgehead atoms. The van der Waals surface area contributed by atoms with Crippen LogP contribution in [-0.2, 0) is 9.59 Å². The van der Waals surface area contributed by atoms with Crippen molar-refractivity contribution in [3.63, 3.8) is 0 Å². The number of ether oxygens (including phenoxy) is 4. The monoisotopic (exact) mass is 708 g/mol. The Bertz CT molecular complexity index is 1360. The highest BCUT2D eigenvalue weighted by Crippen LogP contribution is 2.16. The predicted molar refractivity (Wildman–Crippen MR) is 205 cm³/mol. The minimum Gasteiger partial charge on any atom is -0.494 e. The van der Waals surface area contributed by atoms with E-state index in [0.29, 0.717) is 50.4 Å².